The van der Waals surface area contributed by atoms with Crippen molar-refractivity contribution in [2.75, 3.05) is 18.5 Å². The number of benzene rings is 1. The van der Waals surface area contributed by atoms with Crippen LogP contribution in [-0.2, 0) is 4.79 Å². The molecule has 0 spiro atoms. The van der Waals surface area contributed by atoms with Gasteiger partial charge in [0, 0.05) is 30.4 Å². The molecule has 0 radical (unpaired) electrons. The van der Waals surface area contributed by atoms with E-state index in [0.717, 1.165) is 29.8 Å². The zero-order valence-electron chi connectivity index (χ0n) is 11.7. The molecule has 1 saturated carbocycles. The highest BCUT2D eigenvalue weighted by molar-refractivity contribution is 6.32. The number of carboxylic acids is 1. The molecular formula is C16H20ClNO2. The van der Waals surface area contributed by atoms with Crippen LogP contribution in [0.2, 0.25) is 5.02 Å². The molecule has 1 aliphatic carbocycles. The molecule has 1 fully saturated rings. The van der Waals surface area contributed by atoms with Crippen LogP contribution in [0, 0.1) is 5.92 Å². The summed E-state index contributed by atoms with van der Waals surface area (Å²) in [5.74, 6) is -0.186. The lowest BCUT2D eigenvalue weighted by Gasteiger charge is -2.23. The van der Waals surface area contributed by atoms with Gasteiger partial charge in [-0.2, -0.15) is 0 Å². The van der Waals surface area contributed by atoms with Gasteiger partial charge in [-0.15, -0.1) is 0 Å². The highest BCUT2D eigenvalue weighted by atomic mass is 35.5. The number of nitrogens with zero attached hydrogens (tertiary/aromatic N) is 1. The van der Waals surface area contributed by atoms with E-state index in [1.54, 1.807) is 0 Å². The average Bonchev–Trinajstić information content (AvgIpc) is 2.89. The molecule has 108 valence electrons. The second-order valence-electron chi connectivity index (χ2n) is 5.41. The molecule has 0 amide bonds. The molecule has 0 saturated heterocycles. The molecule has 0 atom stereocenters. The van der Waals surface area contributed by atoms with Gasteiger partial charge in [-0.1, -0.05) is 30.5 Å². The van der Waals surface area contributed by atoms with Gasteiger partial charge < -0.3 is 10.0 Å². The summed E-state index contributed by atoms with van der Waals surface area (Å²) in [6.07, 6.45) is 7.94. The molecule has 0 aromatic heterocycles. The van der Waals surface area contributed by atoms with E-state index in [2.05, 4.69) is 11.9 Å². The Morgan fingerprint density at radius 3 is 2.75 bits per heavy atom. The quantitative estimate of drug-likeness (QED) is 0.832. The Bertz CT molecular complexity index is 507. The Labute approximate surface area is 124 Å². The van der Waals surface area contributed by atoms with Gasteiger partial charge in [0.1, 0.15) is 0 Å². The first-order valence-corrected chi connectivity index (χ1v) is 7.36. The summed E-state index contributed by atoms with van der Waals surface area (Å²) in [7, 11) is 2.08. The van der Waals surface area contributed by atoms with E-state index >= 15 is 0 Å². The Hall–Kier alpha value is -1.48. The normalized spacial score (nSPS) is 15.9. The minimum Gasteiger partial charge on any atom is -0.478 e. The third-order valence-corrected chi connectivity index (χ3v) is 4.16. The van der Waals surface area contributed by atoms with Gasteiger partial charge in [0.05, 0.1) is 0 Å². The molecule has 2 rings (SSSR count). The third kappa shape index (κ3) is 4.01. The van der Waals surface area contributed by atoms with Crippen molar-refractivity contribution < 1.29 is 9.90 Å². The Kier molecular flexibility index (Phi) is 5.07. The number of carbonyl (C=O) groups is 1. The van der Waals surface area contributed by atoms with Crippen LogP contribution in [-0.4, -0.2) is 24.7 Å². The van der Waals surface area contributed by atoms with Crippen LogP contribution in [0.3, 0.4) is 0 Å². The number of anilines is 1. The summed E-state index contributed by atoms with van der Waals surface area (Å²) >= 11 is 6.20. The molecule has 1 aliphatic rings. The summed E-state index contributed by atoms with van der Waals surface area (Å²) in [5.41, 5.74) is 1.81. The van der Waals surface area contributed by atoms with E-state index in [1.807, 2.05) is 18.2 Å². The fourth-order valence-electron chi connectivity index (χ4n) is 2.74. The lowest BCUT2D eigenvalue weighted by Crippen LogP contribution is -2.23. The molecule has 1 aromatic rings. The van der Waals surface area contributed by atoms with E-state index < -0.39 is 5.97 Å². The largest absolute Gasteiger partial charge is 0.478 e. The standard InChI is InChI=1S/C16H20ClNO2/c1-18(11-12-4-2-3-5-12)14-8-6-13(15(17)10-14)7-9-16(19)20/h6-10,12H,2-5,11H2,1H3,(H,19,20)/b9-7+. The summed E-state index contributed by atoms with van der Waals surface area (Å²) in [6.45, 7) is 1.06. The average molecular weight is 294 g/mol. The van der Waals surface area contributed by atoms with Crippen LogP contribution in [0.5, 0.6) is 0 Å². The van der Waals surface area contributed by atoms with E-state index in [1.165, 1.54) is 31.8 Å². The van der Waals surface area contributed by atoms with Crippen LogP contribution in [0.25, 0.3) is 6.08 Å². The van der Waals surface area contributed by atoms with E-state index in [4.69, 9.17) is 16.7 Å². The number of halogens is 1. The second kappa shape index (κ2) is 6.80. The highest BCUT2D eigenvalue weighted by Gasteiger charge is 2.17. The van der Waals surface area contributed by atoms with Gasteiger partial charge in [0.2, 0.25) is 0 Å². The topological polar surface area (TPSA) is 40.5 Å². The first kappa shape index (κ1) is 14.9. The van der Waals surface area contributed by atoms with Crippen molar-refractivity contribution in [1.82, 2.24) is 0 Å². The van der Waals surface area contributed by atoms with Gasteiger partial charge in [0.15, 0.2) is 0 Å². The maximum absolute atomic E-state index is 10.5. The van der Waals surface area contributed by atoms with Gasteiger partial charge >= 0.3 is 5.97 Å². The molecule has 0 heterocycles. The molecule has 0 bridgehead atoms. The van der Waals surface area contributed by atoms with Crippen LogP contribution >= 0.6 is 11.6 Å². The number of rotatable bonds is 5. The predicted molar refractivity (Wildman–Crippen MR) is 83.3 cm³/mol. The summed E-state index contributed by atoms with van der Waals surface area (Å²) in [4.78, 5) is 12.7. The van der Waals surface area contributed by atoms with E-state index in [-0.39, 0.29) is 0 Å². The van der Waals surface area contributed by atoms with Crippen LogP contribution in [0.15, 0.2) is 24.3 Å². The van der Waals surface area contributed by atoms with E-state index in [9.17, 15) is 4.79 Å². The number of carboxylic acid groups (broad SMARTS) is 1. The SMILES string of the molecule is CN(CC1CCCC1)c1ccc(/C=C/C(=O)O)c(Cl)c1. The van der Waals surface area contributed by atoms with Crippen molar-refractivity contribution in [1.29, 1.82) is 0 Å². The fourth-order valence-corrected chi connectivity index (χ4v) is 2.97. The Morgan fingerprint density at radius 1 is 1.45 bits per heavy atom. The minimum absolute atomic E-state index is 0.582. The van der Waals surface area contributed by atoms with Crippen molar-refractivity contribution in [3.8, 4) is 0 Å². The lowest BCUT2D eigenvalue weighted by atomic mass is 10.1. The van der Waals surface area contributed by atoms with Gasteiger partial charge in [-0.3, -0.25) is 0 Å². The summed E-state index contributed by atoms with van der Waals surface area (Å²) < 4.78 is 0. The summed E-state index contributed by atoms with van der Waals surface area (Å²) in [5, 5.41) is 9.21. The maximum atomic E-state index is 10.5. The zero-order valence-corrected chi connectivity index (χ0v) is 12.4. The lowest BCUT2D eigenvalue weighted by molar-refractivity contribution is -0.131. The van der Waals surface area contributed by atoms with Crippen molar-refractivity contribution in [3.05, 3.63) is 34.9 Å². The predicted octanol–water partition coefficient (Wildman–Crippen LogP) is 4.06. The number of hydrogen-bond acceptors (Lipinski definition) is 2. The molecule has 1 aromatic carbocycles. The zero-order chi connectivity index (χ0) is 14.5. The summed E-state index contributed by atoms with van der Waals surface area (Å²) in [6, 6.07) is 5.75. The van der Waals surface area contributed by atoms with Crippen molar-refractivity contribution in [3.63, 3.8) is 0 Å². The first-order chi connectivity index (χ1) is 9.56. The molecule has 4 heteroatoms. The fraction of sp³-hybridized carbons (Fsp3) is 0.438. The highest BCUT2D eigenvalue weighted by Crippen LogP contribution is 2.29. The molecule has 3 nitrogen and oxygen atoms in total. The third-order valence-electron chi connectivity index (χ3n) is 3.84. The van der Waals surface area contributed by atoms with Crippen LogP contribution < -0.4 is 4.90 Å². The number of hydrogen-bond donors (Lipinski definition) is 1. The number of aliphatic carboxylic acids is 1. The monoisotopic (exact) mass is 293 g/mol. The second-order valence-corrected chi connectivity index (χ2v) is 5.82. The Morgan fingerprint density at radius 2 is 2.15 bits per heavy atom. The molecule has 1 N–H and O–H groups in total. The van der Waals surface area contributed by atoms with Crippen LogP contribution in [0.4, 0.5) is 5.69 Å². The van der Waals surface area contributed by atoms with Gasteiger partial charge in [-0.05, 0) is 42.5 Å². The van der Waals surface area contributed by atoms with Gasteiger partial charge in [0.25, 0.3) is 0 Å². The van der Waals surface area contributed by atoms with Crippen molar-refractivity contribution >= 4 is 29.3 Å². The molecule has 20 heavy (non-hydrogen) atoms. The molecular weight excluding hydrogens is 274 g/mol. The van der Waals surface area contributed by atoms with Gasteiger partial charge in [-0.25, -0.2) is 4.79 Å². The first-order valence-electron chi connectivity index (χ1n) is 6.98. The van der Waals surface area contributed by atoms with Crippen molar-refractivity contribution in [2.24, 2.45) is 5.92 Å². The minimum atomic E-state index is -0.969. The Balaban J connectivity index is 2.05. The van der Waals surface area contributed by atoms with Crippen molar-refractivity contribution in [2.45, 2.75) is 25.7 Å². The smallest absolute Gasteiger partial charge is 0.328 e. The van der Waals surface area contributed by atoms with E-state index in [0.29, 0.717) is 5.02 Å². The maximum Gasteiger partial charge on any atom is 0.328 e. The molecule has 0 unspecified atom stereocenters. The molecule has 0 aliphatic heterocycles. The van der Waals surface area contributed by atoms with Crippen LogP contribution in [0.1, 0.15) is 31.2 Å².